The Morgan fingerprint density at radius 3 is 3.18 bits per heavy atom. The molecule has 0 saturated carbocycles. The molecule has 1 saturated heterocycles. The quantitative estimate of drug-likeness (QED) is 0.877. The van der Waals surface area contributed by atoms with E-state index in [0.29, 0.717) is 11.8 Å². The third-order valence-electron chi connectivity index (χ3n) is 3.14. The first-order valence-corrected chi connectivity index (χ1v) is 7.36. The van der Waals surface area contributed by atoms with Crippen LogP contribution in [0.15, 0.2) is 11.7 Å². The number of rotatable bonds is 5. The van der Waals surface area contributed by atoms with E-state index in [-0.39, 0.29) is 6.10 Å². The fourth-order valence-electron chi connectivity index (χ4n) is 2.29. The zero-order valence-corrected chi connectivity index (χ0v) is 11.5. The molecule has 1 aromatic heterocycles. The average molecular weight is 254 g/mol. The summed E-state index contributed by atoms with van der Waals surface area (Å²) in [5, 5.41) is 3.55. The monoisotopic (exact) mass is 254 g/mol. The highest BCUT2D eigenvalue weighted by molar-refractivity contribution is 7.09. The molecule has 3 nitrogen and oxygen atoms in total. The van der Waals surface area contributed by atoms with E-state index < -0.39 is 0 Å². The van der Waals surface area contributed by atoms with Gasteiger partial charge in [-0.3, -0.25) is 4.98 Å². The van der Waals surface area contributed by atoms with Gasteiger partial charge in [0.15, 0.2) is 0 Å². The van der Waals surface area contributed by atoms with Crippen LogP contribution < -0.4 is 5.32 Å². The minimum Gasteiger partial charge on any atom is -0.372 e. The minimum absolute atomic E-state index is 0.260. The van der Waals surface area contributed by atoms with Gasteiger partial charge < -0.3 is 10.1 Å². The number of aromatic nitrogens is 1. The number of ether oxygens (including phenoxy) is 1. The van der Waals surface area contributed by atoms with Crippen LogP contribution in [0.4, 0.5) is 0 Å². The highest BCUT2D eigenvalue weighted by atomic mass is 32.1. The third kappa shape index (κ3) is 3.76. The molecule has 2 rings (SSSR count). The molecular weight excluding hydrogens is 232 g/mol. The maximum atomic E-state index is 5.92. The van der Waals surface area contributed by atoms with Crippen LogP contribution in [0.25, 0.3) is 0 Å². The van der Waals surface area contributed by atoms with E-state index in [2.05, 4.69) is 24.1 Å². The molecule has 1 fully saturated rings. The van der Waals surface area contributed by atoms with Gasteiger partial charge in [-0.05, 0) is 25.3 Å². The van der Waals surface area contributed by atoms with Gasteiger partial charge in [0, 0.05) is 25.3 Å². The second-order valence-corrected chi connectivity index (χ2v) is 6.07. The number of hydrogen-bond acceptors (Lipinski definition) is 4. The molecule has 0 aromatic carbocycles. The van der Waals surface area contributed by atoms with Gasteiger partial charge in [0.1, 0.15) is 0 Å². The Morgan fingerprint density at radius 2 is 2.47 bits per heavy atom. The van der Waals surface area contributed by atoms with Crippen LogP contribution in [0.2, 0.25) is 0 Å². The molecule has 0 radical (unpaired) electrons. The predicted octanol–water partition coefficient (Wildman–Crippen LogP) is 2.86. The molecule has 96 valence electrons. The van der Waals surface area contributed by atoms with E-state index in [4.69, 9.17) is 4.74 Å². The Labute approximate surface area is 108 Å². The lowest BCUT2D eigenvalue weighted by Crippen LogP contribution is -2.33. The van der Waals surface area contributed by atoms with Gasteiger partial charge >= 0.3 is 0 Å². The van der Waals surface area contributed by atoms with Gasteiger partial charge in [0.25, 0.3) is 0 Å². The van der Waals surface area contributed by atoms with Gasteiger partial charge in [-0.25, -0.2) is 0 Å². The molecule has 17 heavy (non-hydrogen) atoms. The molecule has 2 atom stereocenters. The SMILES string of the molecule is CC(C)CNCC1CCCOC1c1cncs1. The summed E-state index contributed by atoms with van der Waals surface area (Å²) in [6.45, 7) is 7.52. The van der Waals surface area contributed by atoms with E-state index in [1.165, 1.54) is 17.7 Å². The lowest BCUT2D eigenvalue weighted by Gasteiger charge is -2.31. The first-order chi connectivity index (χ1) is 8.27. The smallest absolute Gasteiger partial charge is 0.0972 e. The minimum atomic E-state index is 0.260. The maximum Gasteiger partial charge on any atom is 0.0972 e. The Kier molecular flexibility index (Phi) is 4.95. The van der Waals surface area contributed by atoms with Crippen LogP contribution in [-0.4, -0.2) is 24.7 Å². The van der Waals surface area contributed by atoms with Gasteiger partial charge in [-0.2, -0.15) is 0 Å². The van der Waals surface area contributed by atoms with Gasteiger partial charge in [0.05, 0.1) is 16.5 Å². The molecular formula is C13H22N2OS. The predicted molar refractivity (Wildman–Crippen MR) is 71.2 cm³/mol. The van der Waals surface area contributed by atoms with E-state index in [1.54, 1.807) is 11.3 Å². The highest BCUT2D eigenvalue weighted by Crippen LogP contribution is 2.34. The number of thiazole rings is 1. The van der Waals surface area contributed by atoms with E-state index in [9.17, 15) is 0 Å². The molecule has 0 bridgehead atoms. The van der Waals surface area contributed by atoms with Crippen molar-refractivity contribution in [2.45, 2.75) is 32.8 Å². The van der Waals surface area contributed by atoms with Crippen molar-refractivity contribution >= 4 is 11.3 Å². The fraction of sp³-hybridized carbons (Fsp3) is 0.769. The summed E-state index contributed by atoms with van der Waals surface area (Å²) in [7, 11) is 0. The number of nitrogens with one attached hydrogen (secondary N) is 1. The molecule has 0 aliphatic carbocycles. The second-order valence-electron chi connectivity index (χ2n) is 5.15. The Bertz CT molecular complexity index is 313. The van der Waals surface area contributed by atoms with Gasteiger partial charge in [0.2, 0.25) is 0 Å². The number of nitrogens with zero attached hydrogens (tertiary/aromatic N) is 1. The molecule has 1 N–H and O–H groups in total. The summed E-state index contributed by atoms with van der Waals surface area (Å²) >= 11 is 1.71. The van der Waals surface area contributed by atoms with E-state index >= 15 is 0 Å². The zero-order valence-electron chi connectivity index (χ0n) is 10.7. The lowest BCUT2D eigenvalue weighted by molar-refractivity contribution is -0.0258. The highest BCUT2D eigenvalue weighted by Gasteiger charge is 2.28. The molecule has 0 amide bonds. The molecule has 0 spiro atoms. The summed E-state index contributed by atoms with van der Waals surface area (Å²) in [6.07, 6.45) is 4.66. The van der Waals surface area contributed by atoms with Crippen molar-refractivity contribution < 1.29 is 4.74 Å². The normalized spacial score (nSPS) is 25.4. The van der Waals surface area contributed by atoms with E-state index in [1.807, 2.05) is 11.7 Å². The second kappa shape index (κ2) is 6.47. The summed E-state index contributed by atoms with van der Waals surface area (Å²) in [6, 6.07) is 0. The largest absolute Gasteiger partial charge is 0.372 e. The fourth-order valence-corrected chi connectivity index (χ4v) is 3.05. The first kappa shape index (κ1) is 13.0. The molecule has 1 aliphatic heterocycles. The van der Waals surface area contributed by atoms with Crippen LogP contribution in [0.3, 0.4) is 0 Å². The van der Waals surface area contributed by atoms with Crippen LogP contribution >= 0.6 is 11.3 Å². The summed E-state index contributed by atoms with van der Waals surface area (Å²) < 4.78 is 5.92. The topological polar surface area (TPSA) is 34.1 Å². The van der Waals surface area contributed by atoms with Crippen molar-refractivity contribution in [1.82, 2.24) is 10.3 Å². The van der Waals surface area contributed by atoms with Crippen molar-refractivity contribution in [1.29, 1.82) is 0 Å². The lowest BCUT2D eigenvalue weighted by atomic mass is 9.93. The average Bonchev–Trinajstić information content (AvgIpc) is 2.82. The summed E-state index contributed by atoms with van der Waals surface area (Å²) in [4.78, 5) is 5.44. The molecule has 1 aliphatic rings. The Balaban J connectivity index is 1.89. The van der Waals surface area contributed by atoms with Crippen LogP contribution in [0, 0.1) is 11.8 Å². The Morgan fingerprint density at radius 1 is 1.59 bits per heavy atom. The zero-order chi connectivity index (χ0) is 12.1. The van der Waals surface area contributed by atoms with Crippen LogP contribution in [0.1, 0.15) is 37.7 Å². The van der Waals surface area contributed by atoms with Crippen LogP contribution in [-0.2, 0) is 4.74 Å². The van der Waals surface area contributed by atoms with E-state index in [0.717, 1.165) is 19.7 Å². The van der Waals surface area contributed by atoms with Crippen molar-refractivity contribution in [3.8, 4) is 0 Å². The molecule has 1 aromatic rings. The maximum absolute atomic E-state index is 5.92. The van der Waals surface area contributed by atoms with Crippen molar-refractivity contribution in [2.24, 2.45) is 11.8 Å². The Hall–Kier alpha value is -0.450. The van der Waals surface area contributed by atoms with Crippen molar-refractivity contribution in [3.63, 3.8) is 0 Å². The molecule has 2 unspecified atom stereocenters. The summed E-state index contributed by atoms with van der Waals surface area (Å²) in [5.41, 5.74) is 1.89. The van der Waals surface area contributed by atoms with Gasteiger partial charge in [-0.15, -0.1) is 11.3 Å². The number of hydrogen-bond donors (Lipinski definition) is 1. The van der Waals surface area contributed by atoms with Crippen molar-refractivity contribution in [2.75, 3.05) is 19.7 Å². The van der Waals surface area contributed by atoms with Crippen molar-refractivity contribution in [3.05, 3.63) is 16.6 Å². The first-order valence-electron chi connectivity index (χ1n) is 6.48. The van der Waals surface area contributed by atoms with Crippen LogP contribution in [0.5, 0.6) is 0 Å². The standard InChI is InChI=1S/C13H22N2OS/c1-10(2)6-14-7-11-4-3-5-16-13(11)12-8-15-9-17-12/h8-11,13-14H,3-7H2,1-2H3. The molecule has 4 heteroatoms. The molecule has 2 heterocycles. The summed E-state index contributed by atoms with van der Waals surface area (Å²) in [5.74, 6) is 1.31. The third-order valence-corrected chi connectivity index (χ3v) is 3.97. The van der Waals surface area contributed by atoms with Gasteiger partial charge in [-0.1, -0.05) is 13.8 Å².